The van der Waals surface area contributed by atoms with Gasteiger partial charge in [0.15, 0.2) is 5.16 Å². The zero-order valence-electron chi connectivity index (χ0n) is 19.7. The number of amides is 1. The smallest absolute Gasteiger partial charge is 0.256 e. The van der Waals surface area contributed by atoms with Gasteiger partial charge in [-0.25, -0.2) is 9.97 Å². The van der Waals surface area contributed by atoms with E-state index in [1.807, 2.05) is 67.8 Å². The fourth-order valence-electron chi connectivity index (χ4n) is 3.45. The second-order valence-corrected chi connectivity index (χ2v) is 9.94. The van der Waals surface area contributed by atoms with Gasteiger partial charge in [-0.05, 0) is 73.8 Å². The molecule has 1 saturated heterocycles. The van der Waals surface area contributed by atoms with Crippen molar-refractivity contribution < 1.29 is 4.79 Å². The van der Waals surface area contributed by atoms with Gasteiger partial charge in [0.1, 0.15) is 11.6 Å². The van der Waals surface area contributed by atoms with Gasteiger partial charge in [0.25, 0.3) is 5.91 Å². The van der Waals surface area contributed by atoms with Crippen molar-refractivity contribution in [2.75, 3.05) is 34.9 Å². The normalized spacial score (nSPS) is 13.2. The number of thioether (sulfide) groups is 1. The number of benzene rings is 2. The van der Waals surface area contributed by atoms with E-state index in [1.165, 1.54) is 11.8 Å². The van der Waals surface area contributed by atoms with Gasteiger partial charge < -0.3 is 21.3 Å². The third kappa shape index (κ3) is 6.58. The molecule has 0 spiro atoms. The molecule has 1 amide bonds. The number of nitrogens with one attached hydrogen (secondary N) is 2. The number of carbonyl (C=O) groups is 1. The first-order valence-corrected chi connectivity index (χ1v) is 13.2. The van der Waals surface area contributed by atoms with E-state index in [0.29, 0.717) is 27.9 Å². The van der Waals surface area contributed by atoms with Crippen LogP contribution in [0.4, 0.5) is 17.3 Å². The van der Waals surface area contributed by atoms with Crippen molar-refractivity contribution in [2.45, 2.75) is 28.3 Å². The third-order valence-corrected chi connectivity index (χ3v) is 6.90. The number of hydrogen-bond donors (Lipinski definition) is 3. The number of nitrogens with zero attached hydrogens (tertiary/aromatic N) is 3. The molecular weight excluding hydrogens is 476 g/mol. The summed E-state index contributed by atoms with van der Waals surface area (Å²) in [4.78, 5) is 26.2. The van der Waals surface area contributed by atoms with Gasteiger partial charge >= 0.3 is 0 Å². The standard InChI is InChI=1S/C26H28N6OS2/c1-17(27)15-18(2)28-23-16-24(32-13-6-14-32)31-26(30-23)35-20-11-9-19(10-12-20)29-25(33)21-7-4-5-8-22(21)34-3/h4-5,7-12,15-16H,2,6,13-14,27H2,1,3H3,(H,29,33)(H,28,30,31)/b17-15-. The fraction of sp³-hybridized carbons (Fsp3) is 0.192. The second kappa shape index (κ2) is 11.3. The largest absolute Gasteiger partial charge is 0.402 e. The monoisotopic (exact) mass is 504 g/mol. The number of allylic oxidation sites excluding steroid dienone is 2. The Labute approximate surface area is 214 Å². The molecule has 0 radical (unpaired) electrons. The highest BCUT2D eigenvalue weighted by molar-refractivity contribution is 7.99. The summed E-state index contributed by atoms with van der Waals surface area (Å²) in [5.41, 5.74) is 8.49. The van der Waals surface area contributed by atoms with E-state index in [4.69, 9.17) is 10.7 Å². The highest BCUT2D eigenvalue weighted by Crippen LogP contribution is 2.31. The summed E-state index contributed by atoms with van der Waals surface area (Å²) in [6, 6.07) is 17.2. The van der Waals surface area contributed by atoms with Gasteiger partial charge in [-0.2, -0.15) is 0 Å². The van der Waals surface area contributed by atoms with Gasteiger partial charge in [-0.3, -0.25) is 4.79 Å². The summed E-state index contributed by atoms with van der Waals surface area (Å²) in [6.45, 7) is 7.77. The van der Waals surface area contributed by atoms with Crippen LogP contribution >= 0.6 is 23.5 Å². The molecule has 35 heavy (non-hydrogen) atoms. The highest BCUT2D eigenvalue weighted by Gasteiger charge is 2.18. The predicted molar refractivity (Wildman–Crippen MR) is 146 cm³/mol. The molecule has 0 unspecified atom stereocenters. The van der Waals surface area contributed by atoms with Crippen LogP contribution in [0, 0.1) is 0 Å². The Hall–Kier alpha value is -3.43. The van der Waals surface area contributed by atoms with Crippen molar-refractivity contribution in [3.05, 3.63) is 84.2 Å². The molecular formula is C26H28N6OS2. The summed E-state index contributed by atoms with van der Waals surface area (Å²) >= 11 is 3.02. The van der Waals surface area contributed by atoms with E-state index >= 15 is 0 Å². The van der Waals surface area contributed by atoms with E-state index in [2.05, 4.69) is 27.1 Å². The fourth-order valence-corrected chi connectivity index (χ4v) is 4.81. The third-order valence-electron chi connectivity index (χ3n) is 5.24. The predicted octanol–water partition coefficient (Wildman–Crippen LogP) is 5.60. The van der Waals surface area contributed by atoms with Gasteiger partial charge in [-0.15, -0.1) is 11.8 Å². The van der Waals surface area contributed by atoms with E-state index in [0.717, 1.165) is 40.8 Å². The summed E-state index contributed by atoms with van der Waals surface area (Å²) < 4.78 is 0. The SMILES string of the molecule is C=C(/C=C(/C)N)Nc1cc(N2CCC2)nc(Sc2ccc(NC(=O)c3ccccc3SC)cc2)n1. The first kappa shape index (κ1) is 24.7. The first-order chi connectivity index (χ1) is 16.9. The molecule has 1 fully saturated rings. The van der Waals surface area contributed by atoms with Crippen molar-refractivity contribution in [3.8, 4) is 0 Å². The average Bonchev–Trinajstić information content (AvgIpc) is 2.78. The Morgan fingerprint density at radius 2 is 1.86 bits per heavy atom. The minimum atomic E-state index is -0.126. The lowest BCUT2D eigenvalue weighted by Crippen LogP contribution is -2.37. The van der Waals surface area contributed by atoms with Crippen LogP contribution in [0.25, 0.3) is 0 Å². The molecule has 9 heteroatoms. The van der Waals surface area contributed by atoms with Crippen molar-refractivity contribution in [2.24, 2.45) is 5.73 Å². The minimum Gasteiger partial charge on any atom is -0.402 e. The number of carbonyl (C=O) groups excluding carboxylic acids is 1. The van der Waals surface area contributed by atoms with Gasteiger partial charge in [-0.1, -0.05) is 18.7 Å². The van der Waals surface area contributed by atoms with Gasteiger partial charge in [0, 0.05) is 46.0 Å². The highest BCUT2D eigenvalue weighted by atomic mass is 32.2. The molecule has 2 heterocycles. The maximum absolute atomic E-state index is 12.7. The lowest BCUT2D eigenvalue weighted by molar-refractivity contribution is 0.102. The molecule has 0 bridgehead atoms. The first-order valence-electron chi connectivity index (χ1n) is 11.2. The van der Waals surface area contributed by atoms with Crippen molar-refractivity contribution >= 4 is 46.8 Å². The molecule has 1 aliphatic heterocycles. The van der Waals surface area contributed by atoms with Crippen LogP contribution in [0.15, 0.2) is 93.6 Å². The Bertz CT molecular complexity index is 1250. The second-order valence-electron chi connectivity index (χ2n) is 8.05. The molecule has 3 aromatic rings. The van der Waals surface area contributed by atoms with Crippen LogP contribution in [-0.4, -0.2) is 35.2 Å². The Morgan fingerprint density at radius 3 is 2.51 bits per heavy atom. The van der Waals surface area contributed by atoms with Crippen molar-refractivity contribution in [3.63, 3.8) is 0 Å². The van der Waals surface area contributed by atoms with Crippen LogP contribution < -0.4 is 21.3 Å². The van der Waals surface area contributed by atoms with Crippen molar-refractivity contribution in [1.82, 2.24) is 9.97 Å². The molecule has 1 aromatic heterocycles. The maximum atomic E-state index is 12.7. The number of rotatable bonds is 9. The molecule has 4 N–H and O–H groups in total. The Balaban J connectivity index is 1.48. The zero-order valence-corrected chi connectivity index (χ0v) is 21.4. The minimum absolute atomic E-state index is 0.126. The summed E-state index contributed by atoms with van der Waals surface area (Å²) in [5.74, 6) is 1.43. The number of hydrogen-bond acceptors (Lipinski definition) is 8. The summed E-state index contributed by atoms with van der Waals surface area (Å²) in [5, 5.41) is 6.81. The van der Waals surface area contributed by atoms with Crippen LogP contribution in [0.3, 0.4) is 0 Å². The van der Waals surface area contributed by atoms with E-state index in [9.17, 15) is 4.79 Å². The lowest BCUT2D eigenvalue weighted by Gasteiger charge is -2.32. The molecule has 2 aromatic carbocycles. The maximum Gasteiger partial charge on any atom is 0.256 e. The average molecular weight is 505 g/mol. The summed E-state index contributed by atoms with van der Waals surface area (Å²) in [7, 11) is 0. The topological polar surface area (TPSA) is 96.2 Å². The quantitative estimate of drug-likeness (QED) is 0.197. The number of nitrogens with two attached hydrogens (primary N) is 1. The molecule has 7 nitrogen and oxygen atoms in total. The number of aromatic nitrogens is 2. The number of anilines is 3. The molecule has 0 atom stereocenters. The van der Waals surface area contributed by atoms with Crippen LogP contribution in [0.2, 0.25) is 0 Å². The van der Waals surface area contributed by atoms with E-state index in [-0.39, 0.29) is 5.91 Å². The van der Waals surface area contributed by atoms with E-state index in [1.54, 1.807) is 17.8 Å². The van der Waals surface area contributed by atoms with Crippen LogP contribution in [0.1, 0.15) is 23.7 Å². The van der Waals surface area contributed by atoms with Crippen LogP contribution in [-0.2, 0) is 0 Å². The molecule has 0 saturated carbocycles. The molecule has 180 valence electrons. The van der Waals surface area contributed by atoms with Gasteiger partial charge in [0.05, 0.1) is 5.56 Å². The molecule has 4 rings (SSSR count). The summed E-state index contributed by atoms with van der Waals surface area (Å²) in [6.07, 6.45) is 4.89. The zero-order chi connectivity index (χ0) is 24.8. The van der Waals surface area contributed by atoms with Crippen molar-refractivity contribution in [1.29, 1.82) is 0 Å². The lowest BCUT2D eigenvalue weighted by atomic mass is 10.2. The van der Waals surface area contributed by atoms with E-state index < -0.39 is 0 Å². The Kier molecular flexibility index (Phi) is 7.99. The van der Waals surface area contributed by atoms with Crippen LogP contribution in [0.5, 0.6) is 0 Å². The molecule has 1 aliphatic rings. The van der Waals surface area contributed by atoms with Gasteiger partial charge in [0.2, 0.25) is 0 Å². The Morgan fingerprint density at radius 1 is 1.11 bits per heavy atom. The molecule has 0 aliphatic carbocycles.